The quantitative estimate of drug-likeness (QED) is 0.622. The van der Waals surface area contributed by atoms with Gasteiger partial charge < -0.3 is 20.8 Å². The van der Waals surface area contributed by atoms with Crippen LogP contribution in [0.4, 0.5) is 0 Å². The first kappa shape index (κ1) is 13.5. The van der Waals surface area contributed by atoms with Crippen molar-refractivity contribution in [1.82, 2.24) is 20.3 Å². The van der Waals surface area contributed by atoms with Crippen molar-refractivity contribution in [3.8, 4) is 0 Å². The normalized spacial score (nSPS) is 21.8. The fraction of sp³-hybridized carbons (Fsp3) is 0.308. The van der Waals surface area contributed by atoms with Crippen molar-refractivity contribution in [3.63, 3.8) is 0 Å². The highest BCUT2D eigenvalue weighted by Crippen LogP contribution is 2.20. The van der Waals surface area contributed by atoms with E-state index in [9.17, 15) is 0 Å². The smallest absolute Gasteiger partial charge is 0.186 e. The molecule has 3 rings (SSSR count). The predicted octanol–water partition coefficient (Wildman–Crippen LogP) is -0.0918. The molecule has 1 aliphatic heterocycles. The van der Waals surface area contributed by atoms with Crippen LogP contribution in [0.25, 0.3) is 16.7 Å². The molecule has 0 spiro atoms. The zero-order valence-corrected chi connectivity index (χ0v) is 11.6. The Labute approximate surface area is 121 Å². The third kappa shape index (κ3) is 2.58. The molecule has 0 bridgehead atoms. The predicted molar refractivity (Wildman–Crippen MR) is 80.0 cm³/mol. The van der Waals surface area contributed by atoms with Gasteiger partial charge in [0.1, 0.15) is 11.4 Å². The van der Waals surface area contributed by atoms with Crippen LogP contribution in [0.15, 0.2) is 29.7 Å². The molecule has 1 aliphatic rings. The van der Waals surface area contributed by atoms with Gasteiger partial charge in [0.05, 0.1) is 24.1 Å². The number of ether oxygens (including phenoxy) is 1. The molecule has 2 aromatic heterocycles. The number of nitrogens with zero attached hydrogens (tertiary/aromatic N) is 3. The lowest BCUT2D eigenvalue weighted by Crippen LogP contribution is -2.53. The SMILES string of the molecule is COCCC1(N)N=C(N)C(c2cnc3[nH]ccc3n2)=CN1. The van der Waals surface area contributed by atoms with E-state index in [1.54, 1.807) is 25.7 Å². The van der Waals surface area contributed by atoms with Gasteiger partial charge in [-0.15, -0.1) is 0 Å². The van der Waals surface area contributed by atoms with E-state index in [2.05, 4.69) is 25.3 Å². The van der Waals surface area contributed by atoms with E-state index < -0.39 is 5.79 Å². The molecule has 0 radical (unpaired) electrons. The van der Waals surface area contributed by atoms with Gasteiger partial charge in [0, 0.05) is 25.9 Å². The van der Waals surface area contributed by atoms with Crippen LogP contribution in [0.1, 0.15) is 12.1 Å². The van der Waals surface area contributed by atoms with Crippen LogP contribution in [-0.4, -0.2) is 40.3 Å². The summed E-state index contributed by atoms with van der Waals surface area (Å²) >= 11 is 0. The Hall–Kier alpha value is -2.45. The van der Waals surface area contributed by atoms with Crippen LogP contribution >= 0.6 is 0 Å². The highest BCUT2D eigenvalue weighted by molar-refractivity contribution is 6.22. The second kappa shape index (κ2) is 5.15. The molecule has 0 amide bonds. The van der Waals surface area contributed by atoms with E-state index in [4.69, 9.17) is 16.2 Å². The molecule has 2 aromatic rings. The van der Waals surface area contributed by atoms with Crippen LogP contribution in [0, 0.1) is 0 Å². The molecule has 0 aliphatic carbocycles. The Balaban J connectivity index is 1.88. The zero-order chi connectivity index (χ0) is 14.9. The van der Waals surface area contributed by atoms with Gasteiger partial charge in [0.15, 0.2) is 11.4 Å². The summed E-state index contributed by atoms with van der Waals surface area (Å²) in [6.45, 7) is 0.485. The number of H-pyrrole nitrogens is 1. The lowest BCUT2D eigenvalue weighted by molar-refractivity contribution is 0.163. The third-order valence-corrected chi connectivity index (χ3v) is 3.29. The molecule has 6 N–H and O–H groups in total. The van der Waals surface area contributed by atoms with Crippen molar-refractivity contribution < 1.29 is 4.74 Å². The summed E-state index contributed by atoms with van der Waals surface area (Å²) in [6, 6.07) is 1.85. The van der Waals surface area contributed by atoms with E-state index in [1.807, 2.05) is 6.07 Å². The number of methoxy groups -OCH3 is 1. The second-order valence-corrected chi connectivity index (χ2v) is 4.83. The van der Waals surface area contributed by atoms with Gasteiger partial charge in [0.25, 0.3) is 0 Å². The first-order chi connectivity index (χ1) is 10.1. The highest BCUT2D eigenvalue weighted by atomic mass is 16.5. The molecule has 0 saturated carbocycles. The number of nitrogens with two attached hydrogens (primary N) is 2. The van der Waals surface area contributed by atoms with Crippen molar-refractivity contribution in [1.29, 1.82) is 0 Å². The van der Waals surface area contributed by atoms with Crippen molar-refractivity contribution in [2.24, 2.45) is 16.5 Å². The summed E-state index contributed by atoms with van der Waals surface area (Å²) in [4.78, 5) is 16.1. The zero-order valence-electron chi connectivity index (χ0n) is 11.6. The minimum absolute atomic E-state index is 0.330. The maximum absolute atomic E-state index is 6.11. The van der Waals surface area contributed by atoms with Crippen molar-refractivity contribution in [2.45, 2.75) is 12.2 Å². The number of nitrogens with one attached hydrogen (secondary N) is 2. The summed E-state index contributed by atoms with van der Waals surface area (Å²) in [5.74, 6) is -0.619. The number of fused-ring (bicyclic) bond motifs is 1. The average Bonchev–Trinajstić information content (AvgIpc) is 2.92. The van der Waals surface area contributed by atoms with E-state index in [0.717, 1.165) is 11.2 Å². The Morgan fingerprint density at radius 1 is 1.43 bits per heavy atom. The molecule has 0 fully saturated rings. The Morgan fingerprint density at radius 2 is 2.29 bits per heavy atom. The van der Waals surface area contributed by atoms with E-state index in [1.165, 1.54) is 0 Å². The molecular weight excluding hydrogens is 270 g/mol. The summed E-state index contributed by atoms with van der Waals surface area (Å²) in [5, 5.41) is 3.04. The van der Waals surface area contributed by atoms with Crippen LogP contribution in [0.3, 0.4) is 0 Å². The largest absolute Gasteiger partial charge is 0.384 e. The monoisotopic (exact) mass is 287 g/mol. The number of aromatic amines is 1. The molecule has 0 aromatic carbocycles. The average molecular weight is 287 g/mol. The van der Waals surface area contributed by atoms with Crippen LogP contribution in [0.5, 0.6) is 0 Å². The summed E-state index contributed by atoms with van der Waals surface area (Å²) < 4.78 is 5.02. The lowest BCUT2D eigenvalue weighted by Gasteiger charge is -2.30. The van der Waals surface area contributed by atoms with Gasteiger partial charge in [-0.05, 0) is 6.07 Å². The minimum Gasteiger partial charge on any atom is -0.384 e. The first-order valence-corrected chi connectivity index (χ1v) is 6.53. The maximum atomic E-state index is 6.11. The van der Waals surface area contributed by atoms with Gasteiger partial charge in [-0.25, -0.2) is 15.0 Å². The maximum Gasteiger partial charge on any atom is 0.186 e. The molecule has 0 saturated heterocycles. The fourth-order valence-electron chi connectivity index (χ4n) is 2.13. The summed E-state index contributed by atoms with van der Waals surface area (Å²) in [5.41, 5.74) is 14.9. The topological polar surface area (TPSA) is 127 Å². The molecule has 21 heavy (non-hydrogen) atoms. The minimum atomic E-state index is -0.949. The Morgan fingerprint density at radius 3 is 3.05 bits per heavy atom. The third-order valence-electron chi connectivity index (χ3n) is 3.29. The molecular formula is C13H17N7O. The van der Waals surface area contributed by atoms with E-state index in [-0.39, 0.29) is 0 Å². The number of aliphatic imine (C=N–C) groups is 1. The number of hydrogen-bond acceptors (Lipinski definition) is 7. The van der Waals surface area contributed by atoms with Crippen LogP contribution in [-0.2, 0) is 4.74 Å². The molecule has 1 atom stereocenters. The molecule has 8 heteroatoms. The van der Waals surface area contributed by atoms with Gasteiger partial charge in [0.2, 0.25) is 0 Å². The van der Waals surface area contributed by atoms with Gasteiger partial charge in [-0.3, -0.25) is 5.73 Å². The van der Waals surface area contributed by atoms with Gasteiger partial charge in [-0.2, -0.15) is 0 Å². The molecule has 1 unspecified atom stereocenters. The number of hydrogen-bond donors (Lipinski definition) is 4. The highest BCUT2D eigenvalue weighted by Gasteiger charge is 2.28. The lowest BCUT2D eigenvalue weighted by atomic mass is 10.1. The van der Waals surface area contributed by atoms with Gasteiger partial charge in [-0.1, -0.05) is 0 Å². The number of rotatable bonds is 4. The van der Waals surface area contributed by atoms with E-state index >= 15 is 0 Å². The fourth-order valence-corrected chi connectivity index (χ4v) is 2.13. The standard InChI is InChI=1S/C13H17N7O/c1-21-5-3-13(15)18-6-8(11(14)20-13)10-7-17-12-9(19-10)2-4-16-12/h2,4,6-7,18H,3,5,15H2,1H3,(H2,14,20)(H,16,17). The van der Waals surface area contributed by atoms with Crippen molar-refractivity contribution in [2.75, 3.05) is 13.7 Å². The first-order valence-electron chi connectivity index (χ1n) is 6.53. The molecule has 110 valence electrons. The molecule has 8 nitrogen and oxygen atoms in total. The summed E-state index contributed by atoms with van der Waals surface area (Å²) in [7, 11) is 1.61. The number of aromatic nitrogens is 3. The van der Waals surface area contributed by atoms with Gasteiger partial charge >= 0.3 is 0 Å². The number of amidine groups is 1. The summed E-state index contributed by atoms with van der Waals surface area (Å²) in [6.07, 6.45) is 5.67. The van der Waals surface area contributed by atoms with Crippen molar-refractivity contribution >= 4 is 22.6 Å². The van der Waals surface area contributed by atoms with Crippen molar-refractivity contribution in [3.05, 3.63) is 30.4 Å². The van der Waals surface area contributed by atoms with Crippen LogP contribution in [0.2, 0.25) is 0 Å². The second-order valence-electron chi connectivity index (χ2n) is 4.83. The molecule has 3 heterocycles. The Kier molecular flexibility index (Phi) is 3.32. The Bertz CT molecular complexity index is 720. The van der Waals surface area contributed by atoms with E-state index in [0.29, 0.717) is 30.1 Å². The van der Waals surface area contributed by atoms with Crippen LogP contribution < -0.4 is 16.8 Å².